The van der Waals surface area contributed by atoms with Crippen molar-refractivity contribution < 1.29 is 0 Å². The second kappa shape index (κ2) is 10.3. The molecule has 150 valence electrons. The van der Waals surface area contributed by atoms with Crippen LogP contribution >= 0.6 is 23.2 Å². The number of alkyl halides is 1. The van der Waals surface area contributed by atoms with Gasteiger partial charge >= 0.3 is 0 Å². The Balaban J connectivity index is 2.06. The van der Waals surface area contributed by atoms with E-state index in [1.807, 2.05) is 79.7 Å². The van der Waals surface area contributed by atoms with Gasteiger partial charge in [0.05, 0.1) is 11.7 Å². The lowest BCUT2D eigenvalue weighted by Gasteiger charge is -2.24. The lowest BCUT2D eigenvalue weighted by Crippen LogP contribution is -2.31. The van der Waals surface area contributed by atoms with E-state index in [0.29, 0.717) is 29.6 Å². The molecule has 0 radical (unpaired) electrons. The van der Waals surface area contributed by atoms with Crippen molar-refractivity contribution in [2.75, 3.05) is 38.1 Å². The number of anilines is 1. The number of halogens is 2. The summed E-state index contributed by atoms with van der Waals surface area (Å²) < 4.78 is 0. The van der Waals surface area contributed by atoms with Crippen molar-refractivity contribution >= 4 is 40.4 Å². The summed E-state index contributed by atoms with van der Waals surface area (Å²) in [6.07, 6.45) is 0. The first-order valence-electron chi connectivity index (χ1n) is 9.14. The molecule has 1 aromatic heterocycles. The standard InChI is InChI=1S/C21H22Cl2N6/c1-28(2)13-14-29(15-22)21-18(27-26-17-11-7-4-8-12-17)19(23)24-20(25-21)16-9-5-3-6-10-16/h3-12H,13-15H2,1-2H3/b27-26+. The molecule has 0 amide bonds. The van der Waals surface area contributed by atoms with Crippen molar-refractivity contribution in [1.82, 2.24) is 14.9 Å². The maximum absolute atomic E-state index is 6.53. The van der Waals surface area contributed by atoms with Gasteiger partial charge in [-0.2, -0.15) is 5.11 Å². The van der Waals surface area contributed by atoms with E-state index in [0.717, 1.165) is 12.1 Å². The maximum atomic E-state index is 6.53. The molecule has 0 saturated carbocycles. The summed E-state index contributed by atoms with van der Waals surface area (Å²) in [5, 5.41) is 8.88. The smallest absolute Gasteiger partial charge is 0.166 e. The molecular weight excluding hydrogens is 407 g/mol. The first-order chi connectivity index (χ1) is 14.1. The van der Waals surface area contributed by atoms with Crippen LogP contribution in [0, 0.1) is 0 Å². The highest BCUT2D eigenvalue weighted by atomic mass is 35.5. The van der Waals surface area contributed by atoms with Crippen LogP contribution in [0.4, 0.5) is 17.2 Å². The van der Waals surface area contributed by atoms with Gasteiger partial charge in [0, 0.05) is 18.7 Å². The molecule has 0 fully saturated rings. The van der Waals surface area contributed by atoms with Gasteiger partial charge in [0.2, 0.25) is 0 Å². The molecule has 0 unspecified atom stereocenters. The third-order valence-corrected chi connectivity index (χ3v) is 4.69. The average molecular weight is 429 g/mol. The molecule has 0 aliphatic carbocycles. The van der Waals surface area contributed by atoms with Crippen LogP contribution in [-0.2, 0) is 0 Å². The maximum Gasteiger partial charge on any atom is 0.166 e. The van der Waals surface area contributed by atoms with Crippen molar-refractivity contribution in [3.63, 3.8) is 0 Å². The van der Waals surface area contributed by atoms with Crippen LogP contribution in [0.25, 0.3) is 11.4 Å². The zero-order valence-electron chi connectivity index (χ0n) is 16.3. The molecule has 3 rings (SSSR count). The Bertz CT molecular complexity index is 948. The number of benzene rings is 2. The van der Waals surface area contributed by atoms with Crippen LogP contribution in [0.15, 0.2) is 70.9 Å². The summed E-state index contributed by atoms with van der Waals surface area (Å²) in [6.45, 7) is 1.45. The predicted molar refractivity (Wildman–Crippen MR) is 120 cm³/mol. The molecule has 0 aliphatic rings. The van der Waals surface area contributed by atoms with Crippen LogP contribution < -0.4 is 4.90 Å². The fourth-order valence-electron chi connectivity index (χ4n) is 2.58. The topological polar surface area (TPSA) is 57.0 Å². The van der Waals surface area contributed by atoms with Gasteiger partial charge in [-0.15, -0.1) is 16.7 Å². The quantitative estimate of drug-likeness (QED) is 0.197. The Labute approximate surface area is 180 Å². The molecule has 0 atom stereocenters. The Morgan fingerprint density at radius 3 is 2.14 bits per heavy atom. The number of aromatic nitrogens is 2. The number of likely N-dealkylation sites (N-methyl/N-ethyl adjacent to an activating group) is 1. The lowest BCUT2D eigenvalue weighted by molar-refractivity contribution is 0.415. The fraction of sp³-hybridized carbons (Fsp3) is 0.238. The molecule has 2 aromatic carbocycles. The van der Waals surface area contributed by atoms with Gasteiger partial charge in [-0.05, 0) is 26.2 Å². The number of hydrogen-bond acceptors (Lipinski definition) is 6. The van der Waals surface area contributed by atoms with Crippen molar-refractivity contribution in [2.24, 2.45) is 10.2 Å². The third kappa shape index (κ3) is 5.73. The second-order valence-corrected chi connectivity index (χ2v) is 7.20. The molecular formula is C21H22Cl2N6. The normalized spacial score (nSPS) is 11.3. The van der Waals surface area contributed by atoms with E-state index in [4.69, 9.17) is 28.2 Å². The van der Waals surface area contributed by atoms with Crippen molar-refractivity contribution in [2.45, 2.75) is 0 Å². The Morgan fingerprint density at radius 2 is 1.52 bits per heavy atom. The van der Waals surface area contributed by atoms with E-state index in [1.165, 1.54) is 0 Å². The van der Waals surface area contributed by atoms with Crippen molar-refractivity contribution in [3.05, 3.63) is 65.8 Å². The molecule has 1 heterocycles. The fourth-order valence-corrected chi connectivity index (χ4v) is 3.02. The number of hydrogen-bond donors (Lipinski definition) is 0. The van der Waals surface area contributed by atoms with E-state index >= 15 is 0 Å². The molecule has 0 spiro atoms. The van der Waals surface area contributed by atoms with Gasteiger partial charge in [0.25, 0.3) is 0 Å². The molecule has 0 bridgehead atoms. The molecule has 0 N–H and O–H groups in total. The van der Waals surface area contributed by atoms with Crippen LogP contribution in [0.1, 0.15) is 0 Å². The molecule has 29 heavy (non-hydrogen) atoms. The lowest BCUT2D eigenvalue weighted by atomic mass is 10.2. The van der Waals surface area contributed by atoms with Gasteiger partial charge < -0.3 is 9.80 Å². The predicted octanol–water partition coefficient (Wildman–Crippen LogP) is 5.78. The van der Waals surface area contributed by atoms with E-state index < -0.39 is 0 Å². The van der Waals surface area contributed by atoms with Crippen LogP contribution in [0.2, 0.25) is 5.15 Å². The summed E-state index contributed by atoms with van der Waals surface area (Å²) in [5.74, 6) is 1.07. The second-order valence-electron chi connectivity index (χ2n) is 6.60. The minimum atomic E-state index is 0.230. The largest absolute Gasteiger partial charge is 0.340 e. The summed E-state index contributed by atoms with van der Waals surface area (Å²) in [5.41, 5.74) is 1.98. The third-order valence-electron chi connectivity index (χ3n) is 4.14. The zero-order valence-corrected chi connectivity index (χ0v) is 17.8. The summed E-state index contributed by atoms with van der Waals surface area (Å²) >= 11 is 12.8. The monoisotopic (exact) mass is 428 g/mol. The van der Waals surface area contributed by atoms with Gasteiger partial charge in [0.1, 0.15) is 0 Å². The minimum Gasteiger partial charge on any atom is -0.340 e. The van der Waals surface area contributed by atoms with Gasteiger partial charge in [0.15, 0.2) is 22.5 Å². The first kappa shape index (κ1) is 21.2. The Hall–Kier alpha value is -2.54. The van der Waals surface area contributed by atoms with Gasteiger partial charge in [-0.25, -0.2) is 9.97 Å². The minimum absolute atomic E-state index is 0.230. The molecule has 3 aromatic rings. The Morgan fingerprint density at radius 1 is 0.862 bits per heavy atom. The highest BCUT2D eigenvalue weighted by molar-refractivity contribution is 6.32. The van der Waals surface area contributed by atoms with Crippen molar-refractivity contribution in [1.29, 1.82) is 0 Å². The molecule has 8 heteroatoms. The summed E-state index contributed by atoms with van der Waals surface area (Å²) in [4.78, 5) is 13.2. The van der Waals surface area contributed by atoms with Crippen LogP contribution in [0.5, 0.6) is 0 Å². The highest BCUT2D eigenvalue weighted by Gasteiger charge is 2.19. The molecule has 6 nitrogen and oxygen atoms in total. The Kier molecular flexibility index (Phi) is 7.52. The number of azo groups is 1. The molecule has 0 saturated heterocycles. The van der Waals surface area contributed by atoms with Gasteiger partial charge in [-0.3, -0.25) is 0 Å². The van der Waals surface area contributed by atoms with Crippen LogP contribution in [-0.4, -0.2) is 48.1 Å². The van der Waals surface area contributed by atoms with Crippen molar-refractivity contribution in [3.8, 4) is 11.4 Å². The number of rotatable bonds is 8. The zero-order chi connectivity index (χ0) is 20.6. The summed E-state index contributed by atoms with van der Waals surface area (Å²) in [7, 11) is 4.01. The number of nitrogens with zero attached hydrogens (tertiary/aromatic N) is 6. The van der Waals surface area contributed by atoms with E-state index in [9.17, 15) is 0 Å². The SMILES string of the molecule is CN(C)CCN(CCl)c1nc(-c2ccccc2)nc(Cl)c1/N=N/c1ccccc1. The first-order valence-corrected chi connectivity index (χ1v) is 10.0. The molecule has 0 aliphatic heterocycles. The van der Waals surface area contributed by atoms with Crippen LogP contribution in [0.3, 0.4) is 0 Å². The van der Waals surface area contributed by atoms with Gasteiger partial charge in [-0.1, -0.05) is 60.1 Å². The highest BCUT2D eigenvalue weighted by Crippen LogP contribution is 2.36. The van der Waals surface area contributed by atoms with E-state index in [-0.39, 0.29) is 11.2 Å². The van der Waals surface area contributed by atoms with E-state index in [1.54, 1.807) is 0 Å². The van der Waals surface area contributed by atoms with E-state index in [2.05, 4.69) is 20.1 Å². The average Bonchev–Trinajstić information content (AvgIpc) is 2.74. The summed E-state index contributed by atoms with van der Waals surface area (Å²) in [6, 6.07) is 19.4.